The molecule has 1 saturated carbocycles. The Balaban J connectivity index is 1.52. The summed E-state index contributed by atoms with van der Waals surface area (Å²) in [5, 5.41) is 5.33. The zero-order chi connectivity index (χ0) is 27.3. The van der Waals surface area contributed by atoms with Gasteiger partial charge in [0.15, 0.2) is 0 Å². The van der Waals surface area contributed by atoms with Crippen molar-refractivity contribution in [2.24, 2.45) is 5.92 Å². The molecule has 4 nitrogen and oxygen atoms in total. The highest BCUT2D eigenvalue weighted by Gasteiger charge is 2.67. The lowest BCUT2D eigenvalue weighted by molar-refractivity contribution is -0.140. The van der Waals surface area contributed by atoms with Gasteiger partial charge in [0, 0.05) is 22.3 Å². The molecule has 0 bridgehead atoms. The number of amides is 2. The van der Waals surface area contributed by atoms with Crippen LogP contribution in [-0.2, 0) is 11.0 Å². The van der Waals surface area contributed by atoms with E-state index in [1.165, 1.54) is 18.2 Å². The standard InChI is InChI=1S/C25H16Cl4F4N2O2/c1-11-6-12(8-13(26)7-11)20-21(24(20,28)29)23(37)35-14-2-4-18(27)16(9-14)22(36)34-15-3-5-19(30)17(10-15)25(31,32)33/h2-10,20-21H,1H3,(H,34,36)(H,35,37). The summed E-state index contributed by atoms with van der Waals surface area (Å²) in [6.07, 6.45) is -4.95. The van der Waals surface area contributed by atoms with Gasteiger partial charge >= 0.3 is 6.18 Å². The van der Waals surface area contributed by atoms with Gasteiger partial charge in [-0.05, 0) is 66.6 Å². The molecule has 2 N–H and O–H groups in total. The smallest absolute Gasteiger partial charge is 0.326 e. The Labute approximate surface area is 228 Å². The number of carbonyl (C=O) groups excluding carboxylic acids is 2. The van der Waals surface area contributed by atoms with Crippen LogP contribution in [0.25, 0.3) is 0 Å². The van der Waals surface area contributed by atoms with Crippen molar-refractivity contribution in [1.82, 2.24) is 0 Å². The Morgan fingerprint density at radius 3 is 2.22 bits per heavy atom. The monoisotopic (exact) mass is 592 g/mol. The van der Waals surface area contributed by atoms with Crippen molar-refractivity contribution in [3.8, 4) is 0 Å². The molecule has 1 aliphatic carbocycles. The van der Waals surface area contributed by atoms with Gasteiger partial charge in [-0.15, -0.1) is 23.2 Å². The van der Waals surface area contributed by atoms with Crippen LogP contribution < -0.4 is 10.6 Å². The minimum atomic E-state index is -4.95. The van der Waals surface area contributed by atoms with Crippen LogP contribution in [0.2, 0.25) is 10.0 Å². The number of rotatable bonds is 5. The molecule has 37 heavy (non-hydrogen) atoms. The van der Waals surface area contributed by atoms with E-state index in [4.69, 9.17) is 46.4 Å². The molecule has 2 atom stereocenters. The topological polar surface area (TPSA) is 58.2 Å². The van der Waals surface area contributed by atoms with E-state index in [1.807, 2.05) is 13.0 Å². The van der Waals surface area contributed by atoms with E-state index < -0.39 is 45.5 Å². The van der Waals surface area contributed by atoms with E-state index in [-0.39, 0.29) is 22.0 Å². The first kappa shape index (κ1) is 27.5. The van der Waals surface area contributed by atoms with Crippen molar-refractivity contribution in [2.45, 2.75) is 23.4 Å². The van der Waals surface area contributed by atoms with E-state index in [0.717, 1.165) is 11.6 Å². The molecule has 0 spiro atoms. The number of carbonyl (C=O) groups is 2. The van der Waals surface area contributed by atoms with Crippen molar-refractivity contribution < 1.29 is 27.2 Å². The molecule has 2 unspecified atom stereocenters. The van der Waals surface area contributed by atoms with Crippen LogP contribution in [0.1, 0.15) is 33.0 Å². The van der Waals surface area contributed by atoms with Crippen molar-refractivity contribution in [2.75, 3.05) is 10.6 Å². The molecule has 12 heteroatoms. The highest BCUT2D eigenvalue weighted by Crippen LogP contribution is 2.65. The number of aryl methyl sites for hydroxylation is 1. The molecule has 0 aliphatic heterocycles. The van der Waals surface area contributed by atoms with E-state index in [0.29, 0.717) is 22.7 Å². The number of alkyl halides is 5. The fourth-order valence-electron chi connectivity index (χ4n) is 4.03. The maximum atomic E-state index is 13.5. The van der Waals surface area contributed by atoms with Crippen molar-refractivity contribution in [3.05, 3.63) is 92.7 Å². The Hall–Kier alpha value is -2.52. The van der Waals surface area contributed by atoms with Gasteiger partial charge in [-0.25, -0.2) is 4.39 Å². The van der Waals surface area contributed by atoms with E-state index in [9.17, 15) is 27.2 Å². The van der Waals surface area contributed by atoms with E-state index >= 15 is 0 Å². The minimum Gasteiger partial charge on any atom is -0.326 e. The molecule has 0 radical (unpaired) electrons. The number of nitrogens with one attached hydrogen (secondary N) is 2. The molecule has 1 fully saturated rings. The Kier molecular flexibility index (Phi) is 7.42. The third-order valence-corrected chi connectivity index (χ3v) is 7.26. The molecule has 1 aliphatic rings. The van der Waals surface area contributed by atoms with E-state index in [1.54, 1.807) is 12.1 Å². The molecular weight excluding hydrogens is 578 g/mol. The fourth-order valence-corrected chi connectivity index (χ4v) is 5.36. The van der Waals surface area contributed by atoms with Gasteiger partial charge in [0.2, 0.25) is 5.91 Å². The number of halogens is 8. The summed E-state index contributed by atoms with van der Waals surface area (Å²) in [6, 6.07) is 11.3. The second-order valence-electron chi connectivity index (χ2n) is 8.52. The van der Waals surface area contributed by atoms with Gasteiger partial charge < -0.3 is 10.6 Å². The molecule has 0 heterocycles. The lowest BCUT2D eigenvalue weighted by Crippen LogP contribution is -2.18. The van der Waals surface area contributed by atoms with Crippen LogP contribution in [0.3, 0.4) is 0 Å². The Morgan fingerprint density at radius 2 is 1.57 bits per heavy atom. The van der Waals surface area contributed by atoms with Gasteiger partial charge in [0.05, 0.1) is 22.1 Å². The van der Waals surface area contributed by atoms with Crippen molar-refractivity contribution >= 4 is 69.6 Å². The van der Waals surface area contributed by atoms with Crippen LogP contribution in [0, 0.1) is 18.7 Å². The van der Waals surface area contributed by atoms with Gasteiger partial charge in [0.1, 0.15) is 10.2 Å². The molecule has 194 valence electrons. The van der Waals surface area contributed by atoms with Gasteiger partial charge in [0.25, 0.3) is 5.91 Å². The highest BCUT2D eigenvalue weighted by molar-refractivity contribution is 6.53. The first-order valence-electron chi connectivity index (χ1n) is 10.6. The minimum absolute atomic E-state index is 0.0311. The van der Waals surface area contributed by atoms with Crippen LogP contribution in [0.15, 0.2) is 54.6 Å². The second-order valence-corrected chi connectivity index (χ2v) is 10.8. The predicted octanol–water partition coefficient (Wildman–Crippen LogP) is 8.24. The largest absolute Gasteiger partial charge is 0.419 e. The lowest BCUT2D eigenvalue weighted by Gasteiger charge is -2.12. The maximum absolute atomic E-state index is 13.5. The first-order valence-corrected chi connectivity index (χ1v) is 12.1. The summed E-state index contributed by atoms with van der Waals surface area (Å²) in [5.74, 6) is -4.21. The van der Waals surface area contributed by atoms with Gasteiger partial charge in [-0.2, -0.15) is 13.2 Å². The predicted molar refractivity (Wildman–Crippen MR) is 136 cm³/mol. The Morgan fingerprint density at radius 1 is 0.919 bits per heavy atom. The van der Waals surface area contributed by atoms with Crippen molar-refractivity contribution in [1.29, 1.82) is 0 Å². The summed E-state index contributed by atoms with van der Waals surface area (Å²) in [4.78, 5) is 25.7. The fraction of sp³-hybridized carbons (Fsp3) is 0.200. The zero-order valence-corrected chi connectivity index (χ0v) is 21.7. The van der Waals surface area contributed by atoms with Gasteiger partial charge in [-0.3, -0.25) is 9.59 Å². The summed E-state index contributed by atoms with van der Waals surface area (Å²) >= 11 is 25.0. The zero-order valence-electron chi connectivity index (χ0n) is 18.7. The highest BCUT2D eigenvalue weighted by atomic mass is 35.5. The number of hydrogen-bond donors (Lipinski definition) is 2. The number of hydrogen-bond acceptors (Lipinski definition) is 2. The normalized spacial score (nSPS) is 18.3. The van der Waals surface area contributed by atoms with Crippen LogP contribution >= 0.6 is 46.4 Å². The molecule has 2 amide bonds. The summed E-state index contributed by atoms with van der Waals surface area (Å²) in [6.45, 7) is 1.84. The average Bonchev–Trinajstić information content (AvgIpc) is 3.37. The van der Waals surface area contributed by atoms with Crippen molar-refractivity contribution in [3.63, 3.8) is 0 Å². The maximum Gasteiger partial charge on any atom is 0.419 e. The Bertz CT molecular complexity index is 1390. The third kappa shape index (κ3) is 5.82. The lowest BCUT2D eigenvalue weighted by atomic mass is 10.1. The summed E-state index contributed by atoms with van der Waals surface area (Å²) in [7, 11) is 0. The number of benzene rings is 3. The molecule has 4 rings (SSSR count). The first-order chi connectivity index (χ1) is 17.2. The SMILES string of the molecule is Cc1cc(Cl)cc(C2C(C(=O)Nc3ccc(Cl)c(C(=O)Nc4ccc(F)c(C(F)(F)F)c4)c3)C2(Cl)Cl)c1. The summed E-state index contributed by atoms with van der Waals surface area (Å²) < 4.78 is 51.1. The molecular formula is C25H16Cl4F4N2O2. The molecule has 3 aromatic carbocycles. The molecule has 0 saturated heterocycles. The average molecular weight is 594 g/mol. The van der Waals surface area contributed by atoms with E-state index in [2.05, 4.69) is 10.6 Å². The van der Waals surface area contributed by atoms with Gasteiger partial charge in [-0.1, -0.05) is 29.3 Å². The summed E-state index contributed by atoms with van der Waals surface area (Å²) in [5.41, 5.74) is -0.226. The third-order valence-electron chi connectivity index (χ3n) is 5.77. The van der Waals surface area contributed by atoms with Crippen LogP contribution in [0.4, 0.5) is 28.9 Å². The number of anilines is 2. The molecule has 0 aromatic heterocycles. The second kappa shape index (κ2) is 9.98. The quantitative estimate of drug-likeness (QED) is 0.231. The molecule has 3 aromatic rings. The van der Waals surface area contributed by atoms with Crippen LogP contribution in [0.5, 0.6) is 0 Å². The van der Waals surface area contributed by atoms with Crippen LogP contribution in [-0.4, -0.2) is 16.1 Å².